The maximum atomic E-state index is 9.18. The van der Waals surface area contributed by atoms with Crippen LogP contribution in [-0.2, 0) is 4.74 Å². The highest BCUT2D eigenvalue weighted by molar-refractivity contribution is 5.18. The highest BCUT2D eigenvalue weighted by Crippen LogP contribution is 2.10. The van der Waals surface area contributed by atoms with Crippen molar-refractivity contribution in [3.05, 3.63) is 35.9 Å². The summed E-state index contributed by atoms with van der Waals surface area (Å²) in [5.41, 5.74) is 1.10. The lowest BCUT2D eigenvalue weighted by molar-refractivity contribution is 0.184. The Labute approximate surface area is 84.7 Å². The van der Waals surface area contributed by atoms with E-state index in [1.807, 2.05) is 30.3 Å². The molecule has 3 nitrogen and oxygen atoms in total. The van der Waals surface area contributed by atoms with E-state index in [4.69, 9.17) is 4.74 Å². The number of benzene rings is 1. The van der Waals surface area contributed by atoms with Crippen LogP contribution in [0.4, 0.5) is 0 Å². The maximum absolute atomic E-state index is 9.18. The van der Waals surface area contributed by atoms with Gasteiger partial charge in [0.1, 0.15) is 0 Å². The van der Waals surface area contributed by atoms with Crippen LogP contribution in [0.3, 0.4) is 0 Å². The molecule has 0 heterocycles. The molecule has 0 radical (unpaired) electrons. The average Bonchev–Trinajstić information content (AvgIpc) is 2.26. The zero-order valence-electron chi connectivity index (χ0n) is 8.44. The standard InChI is InChI=1S/C11H17NO2/c1-14-8-7-12-11(9-13)10-5-3-2-4-6-10/h2-6,11-13H,7-9H2,1H3/t11-/m1/s1. The van der Waals surface area contributed by atoms with Crippen LogP contribution in [0, 0.1) is 0 Å². The van der Waals surface area contributed by atoms with Gasteiger partial charge in [0.15, 0.2) is 0 Å². The van der Waals surface area contributed by atoms with Gasteiger partial charge in [-0.25, -0.2) is 0 Å². The number of nitrogens with one attached hydrogen (secondary N) is 1. The van der Waals surface area contributed by atoms with Crippen LogP contribution in [-0.4, -0.2) is 32.0 Å². The molecular weight excluding hydrogens is 178 g/mol. The zero-order chi connectivity index (χ0) is 10.2. The molecule has 2 N–H and O–H groups in total. The van der Waals surface area contributed by atoms with Crippen molar-refractivity contribution in [3.63, 3.8) is 0 Å². The van der Waals surface area contributed by atoms with Gasteiger partial charge < -0.3 is 15.2 Å². The maximum Gasteiger partial charge on any atom is 0.0626 e. The lowest BCUT2D eigenvalue weighted by atomic mass is 10.1. The summed E-state index contributed by atoms with van der Waals surface area (Å²) in [7, 11) is 1.66. The summed E-state index contributed by atoms with van der Waals surface area (Å²) in [5, 5.41) is 12.4. The van der Waals surface area contributed by atoms with Crippen LogP contribution < -0.4 is 5.32 Å². The molecule has 0 aliphatic carbocycles. The summed E-state index contributed by atoms with van der Waals surface area (Å²) in [5.74, 6) is 0. The number of hydrogen-bond donors (Lipinski definition) is 2. The molecule has 0 unspecified atom stereocenters. The average molecular weight is 195 g/mol. The first-order valence-corrected chi connectivity index (χ1v) is 4.76. The van der Waals surface area contributed by atoms with Gasteiger partial charge in [0.25, 0.3) is 0 Å². The van der Waals surface area contributed by atoms with Crippen LogP contribution >= 0.6 is 0 Å². The summed E-state index contributed by atoms with van der Waals surface area (Å²) in [6, 6.07) is 9.91. The Bertz CT molecular complexity index is 238. The number of rotatable bonds is 6. The first kappa shape index (κ1) is 11.2. The van der Waals surface area contributed by atoms with Gasteiger partial charge in [-0.15, -0.1) is 0 Å². The van der Waals surface area contributed by atoms with E-state index in [0.717, 1.165) is 12.1 Å². The Morgan fingerprint density at radius 3 is 2.64 bits per heavy atom. The van der Waals surface area contributed by atoms with Gasteiger partial charge in [-0.05, 0) is 5.56 Å². The first-order valence-electron chi connectivity index (χ1n) is 4.76. The molecule has 0 spiro atoms. The Hall–Kier alpha value is -0.900. The second-order valence-corrected chi connectivity index (χ2v) is 3.09. The topological polar surface area (TPSA) is 41.5 Å². The zero-order valence-corrected chi connectivity index (χ0v) is 8.44. The van der Waals surface area contributed by atoms with Crippen molar-refractivity contribution in [3.8, 4) is 0 Å². The van der Waals surface area contributed by atoms with E-state index in [1.165, 1.54) is 0 Å². The van der Waals surface area contributed by atoms with Gasteiger partial charge >= 0.3 is 0 Å². The van der Waals surface area contributed by atoms with Gasteiger partial charge in [-0.2, -0.15) is 0 Å². The van der Waals surface area contributed by atoms with Crippen molar-refractivity contribution in [1.82, 2.24) is 5.32 Å². The van der Waals surface area contributed by atoms with Gasteiger partial charge in [0.05, 0.1) is 19.3 Å². The predicted octanol–water partition coefficient (Wildman–Crippen LogP) is 0.956. The fourth-order valence-electron chi connectivity index (χ4n) is 1.31. The van der Waals surface area contributed by atoms with Crippen LogP contribution in [0.2, 0.25) is 0 Å². The monoisotopic (exact) mass is 195 g/mol. The molecule has 0 fully saturated rings. The van der Waals surface area contributed by atoms with Gasteiger partial charge in [0, 0.05) is 13.7 Å². The number of methoxy groups -OCH3 is 1. The largest absolute Gasteiger partial charge is 0.394 e. The quantitative estimate of drug-likeness (QED) is 0.664. The minimum Gasteiger partial charge on any atom is -0.394 e. The third-order valence-corrected chi connectivity index (χ3v) is 2.08. The van der Waals surface area contributed by atoms with Gasteiger partial charge in [-0.1, -0.05) is 30.3 Å². The minimum absolute atomic E-state index is 0.00588. The molecule has 0 bridgehead atoms. The molecule has 0 aromatic heterocycles. The van der Waals surface area contributed by atoms with E-state index >= 15 is 0 Å². The smallest absolute Gasteiger partial charge is 0.0626 e. The summed E-state index contributed by atoms with van der Waals surface area (Å²) in [4.78, 5) is 0. The third-order valence-electron chi connectivity index (χ3n) is 2.08. The van der Waals surface area contributed by atoms with Crippen molar-refractivity contribution in [2.45, 2.75) is 6.04 Å². The van der Waals surface area contributed by atoms with E-state index in [-0.39, 0.29) is 12.6 Å². The highest BCUT2D eigenvalue weighted by Gasteiger charge is 2.07. The Morgan fingerprint density at radius 2 is 2.07 bits per heavy atom. The molecule has 0 aliphatic rings. The van der Waals surface area contributed by atoms with E-state index in [2.05, 4.69) is 5.32 Å². The van der Waals surface area contributed by atoms with E-state index in [9.17, 15) is 5.11 Å². The minimum atomic E-state index is 0.00588. The molecule has 0 saturated heterocycles. The number of hydrogen-bond acceptors (Lipinski definition) is 3. The van der Waals surface area contributed by atoms with Crippen molar-refractivity contribution in [1.29, 1.82) is 0 Å². The van der Waals surface area contributed by atoms with Crippen molar-refractivity contribution >= 4 is 0 Å². The number of aliphatic hydroxyl groups excluding tert-OH is 1. The molecule has 78 valence electrons. The fraction of sp³-hybridized carbons (Fsp3) is 0.455. The first-order chi connectivity index (χ1) is 6.88. The predicted molar refractivity (Wildman–Crippen MR) is 56.1 cm³/mol. The lowest BCUT2D eigenvalue weighted by Crippen LogP contribution is -2.27. The Morgan fingerprint density at radius 1 is 1.36 bits per heavy atom. The molecular formula is C11H17NO2. The number of aliphatic hydroxyl groups is 1. The van der Waals surface area contributed by atoms with E-state index in [1.54, 1.807) is 7.11 Å². The fourth-order valence-corrected chi connectivity index (χ4v) is 1.31. The van der Waals surface area contributed by atoms with Crippen LogP contribution in [0.15, 0.2) is 30.3 Å². The second-order valence-electron chi connectivity index (χ2n) is 3.09. The summed E-state index contributed by atoms with van der Waals surface area (Å²) in [6.45, 7) is 1.51. The lowest BCUT2D eigenvalue weighted by Gasteiger charge is -2.16. The Balaban J connectivity index is 2.46. The van der Waals surface area contributed by atoms with Crippen molar-refractivity contribution < 1.29 is 9.84 Å². The van der Waals surface area contributed by atoms with Crippen molar-refractivity contribution in [2.24, 2.45) is 0 Å². The van der Waals surface area contributed by atoms with Crippen LogP contribution in [0.5, 0.6) is 0 Å². The summed E-state index contributed by atoms with van der Waals surface area (Å²) >= 11 is 0. The summed E-state index contributed by atoms with van der Waals surface area (Å²) < 4.78 is 4.93. The molecule has 1 aromatic rings. The molecule has 0 amide bonds. The van der Waals surface area contributed by atoms with Crippen LogP contribution in [0.25, 0.3) is 0 Å². The van der Waals surface area contributed by atoms with E-state index < -0.39 is 0 Å². The molecule has 1 atom stereocenters. The van der Waals surface area contributed by atoms with Gasteiger partial charge in [-0.3, -0.25) is 0 Å². The molecule has 1 rings (SSSR count). The molecule has 0 aliphatic heterocycles. The normalized spacial score (nSPS) is 12.7. The van der Waals surface area contributed by atoms with Crippen LogP contribution in [0.1, 0.15) is 11.6 Å². The van der Waals surface area contributed by atoms with Crippen molar-refractivity contribution in [2.75, 3.05) is 26.9 Å². The molecule has 1 aromatic carbocycles. The third kappa shape index (κ3) is 3.46. The molecule has 14 heavy (non-hydrogen) atoms. The second kappa shape index (κ2) is 6.54. The molecule has 3 heteroatoms. The Kier molecular flexibility index (Phi) is 5.22. The highest BCUT2D eigenvalue weighted by atomic mass is 16.5. The molecule has 0 saturated carbocycles. The SMILES string of the molecule is COCCN[C@H](CO)c1ccccc1. The van der Waals surface area contributed by atoms with Gasteiger partial charge in [0.2, 0.25) is 0 Å². The van der Waals surface area contributed by atoms with E-state index in [0.29, 0.717) is 6.61 Å². The summed E-state index contributed by atoms with van der Waals surface area (Å²) in [6.07, 6.45) is 0. The number of ether oxygens (including phenoxy) is 1.